The maximum atomic E-state index is 12.6. The van der Waals surface area contributed by atoms with E-state index in [9.17, 15) is 4.79 Å². The molecule has 1 saturated heterocycles. The lowest BCUT2D eigenvalue weighted by atomic mass is 10.1. The number of hydrogen-bond acceptors (Lipinski definition) is 4. The van der Waals surface area contributed by atoms with Crippen LogP contribution >= 0.6 is 0 Å². The number of aromatic nitrogens is 2. The number of benzene rings is 2. The van der Waals surface area contributed by atoms with Crippen LogP contribution in [0.5, 0.6) is 0 Å². The van der Waals surface area contributed by atoms with E-state index >= 15 is 0 Å². The third kappa shape index (κ3) is 3.52. The molecular formula is C21H22N4O. The molecule has 3 aromatic rings. The summed E-state index contributed by atoms with van der Waals surface area (Å²) in [5.74, 6) is 0.858. The predicted molar refractivity (Wildman–Crippen MR) is 103 cm³/mol. The number of piperidine rings is 1. The molecule has 2 aromatic carbocycles. The summed E-state index contributed by atoms with van der Waals surface area (Å²) in [4.78, 5) is 23.8. The number of hydrogen-bond donors (Lipinski definition) is 1. The van der Waals surface area contributed by atoms with Crippen LogP contribution in [0.15, 0.2) is 54.9 Å². The van der Waals surface area contributed by atoms with Gasteiger partial charge in [0, 0.05) is 30.6 Å². The normalized spacial score (nSPS) is 14.4. The molecule has 2 heterocycles. The summed E-state index contributed by atoms with van der Waals surface area (Å²) in [5.41, 5.74) is 2.60. The number of carbonyl (C=O) groups excluding carboxylic acids is 1. The molecule has 1 fully saturated rings. The maximum Gasteiger partial charge on any atom is 0.251 e. The molecule has 1 N–H and O–H groups in total. The first-order valence-electron chi connectivity index (χ1n) is 9.13. The van der Waals surface area contributed by atoms with Crippen molar-refractivity contribution >= 4 is 22.6 Å². The highest BCUT2D eigenvalue weighted by Crippen LogP contribution is 2.26. The molecule has 0 bridgehead atoms. The van der Waals surface area contributed by atoms with Gasteiger partial charge in [0.15, 0.2) is 0 Å². The fourth-order valence-corrected chi connectivity index (χ4v) is 3.42. The molecule has 0 spiro atoms. The molecule has 1 aliphatic heterocycles. The second-order valence-electron chi connectivity index (χ2n) is 6.65. The standard InChI is InChI=1S/C21H22N4O/c26-21(22-14-16-7-3-1-4-8-16)17-9-10-19-18(13-17)20(24-15-23-19)25-11-5-2-6-12-25/h1,3-4,7-10,13,15H,2,5-6,11-12,14H2,(H,22,26). The monoisotopic (exact) mass is 346 g/mol. The van der Waals surface area contributed by atoms with E-state index in [2.05, 4.69) is 20.2 Å². The van der Waals surface area contributed by atoms with Crippen LogP contribution in [0.25, 0.3) is 10.9 Å². The molecule has 0 aliphatic carbocycles. The van der Waals surface area contributed by atoms with E-state index in [0.29, 0.717) is 12.1 Å². The van der Waals surface area contributed by atoms with Crippen molar-refractivity contribution in [2.75, 3.05) is 18.0 Å². The van der Waals surface area contributed by atoms with Gasteiger partial charge in [-0.25, -0.2) is 9.97 Å². The number of nitrogens with one attached hydrogen (secondary N) is 1. The van der Waals surface area contributed by atoms with Crippen molar-refractivity contribution in [2.24, 2.45) is 0 Å². The largest absolute Gasteiger partial charge is 0.356 e. The van der Waals surface area contributed by atoms with Crippen molar-refractivity contribution in [3.8, 4) is 0 Å². The predicted octanol–water partition coefficient (Wildman–Crippen LogP) is 3.55. The smallest absolute Gasteiger partial charge is 0.251 e. The lowest BCUT2D eigenvalue weighted by Gasteiger charge is -2.28. The van der Waals surface area contributed by atoms with Crippen molar-refractivity contribution in [3.63, 3.8) is 0 Å². The average Bonchev–Trinajstić information content (AvgIpc) is 2.72. The minimum atomic E-state index is -0.0794. The summed E-state index contributed by atoms with van der Waals surface area (Å²) in [6, 6.07) is 15.6. The molecule has 1 amide bonds. The van der Waals surface area contributed by atoms with Gasteiger partial charge in [0.25, 0.3) is 5.91 Å². The van der Waals surface area contributed by atoms with Crippen molar-refractivity contribution in [1.82, 2.24) is 15.3 Å². The number of amides is 1. The molecule has 132 valence electrons. The Morgan fingerprint density at radius 2 is 1.81 bits per heavy atom. The van der Waals surface area contributed by atoms with Crippen molar-refractivity contribution in [2.45, 2.75) is 25.8 Å². The van der Waals surface area contributed by atoms with Gasteiger partial charge >= 0.3 is 0 Å². The third-order valence-electron chi connectivity index (χ3n) is 4.83. The Bertz CT molecular complexity index is 904. The molecule has 4 rings (SSSR count). The molecule has 0 saturated carbocycles. The van der Waals surface area contributed by atoms with Crippen LogP contribution in [0.4, 0.5) is 5.82 Å². The topological polar surface area (TPSA) is 58.1 Å². The minimum absolute atomic E-state index is 0.0794. The zero-order valence-electron chi connectivity index (χ0n) is 14.7. The van der Waals surface area contributed by atoms with Crippen LogP contribution < -0.4 is 10.2 Å². The minimum Gasteiger partial charge on any atom is -0.356 e. The molecule has 0 atom stereocenters. The number of rotatable bonds is 4. The fraction of sp³-hybridized carbons (Fsp3) is 0.286. The highest BCUT2D eigenvalue weighted by Gasteiger charge is 2.16. The molecule has 5 heteroatoms. The Hall–Kier alpha value is -2.95. The van der Waals surface area contributed by atoms with Gasteiger partial charge in [-0.2, -0.15) is 0 Å². The lowest BCUT2D eigenvalue weighted by molar-refractivity contribution is 0.0951. The van der Waals surface area contributed by atoms with Crippen molar-refractivity contribution in [1.29, 1.82) is 0 Å². The Morgan fingerprint density at radius 3 is 2.62 bits per heavy atom. The van der Waals surface area contributed by atoms with Crippen LogP contribution in [0.3, 0.4) is 0 Å². The van der Waals surface area contributed by atoms with Gasteiger partial charge in [0.05, 0.1) is 5.52 Å². The van der Waals surface area contributed by atoms with E-state index in [1.807, 2.05) is 48.5 Å². The first-order chi connectivity index (χ1) is 12.8. The van der Waals surface area contributed by atoms with Crippen LogP contribution in [0.2, 0.25) is 0 Å². The maximum absolute atomic E-state index is 12.6. The van der Waals surface area contributed by atoms with Gasteiger partial charge in [-0.3, -0.25) is 4.79 Å². The molecule has 1 aliphatic rings. The van der Waals surface area contributed by atoms with E-state index < -0.39 is 0 Å². The van der Waals surface area contributed by atoms with Gasteiger partial charge in [0.1, 0.15) is 12.1 Å². The number of anilines is 1. The van der Waals surface area contributed by atoms with Gasteiger partial charge in [-0.15, -0.1) is 0 Å². The fourth-order valence-electron chi connectivity index (χ4n) is 3.42. The molecule has 0 unspecified atom stereocenters. The summed E-state index contributed by atoms with van der Waals surface area (Å²) in [5, 5.41) is 3.93. The molecule has 1 aromatic heterocycles. The second-order valence-corrected chi connectivity index (χ2v) is 6.65. The Kier molecular flexibility index (Phi) is 4.78. The second kappa shape index (κ2) is 7.52. The Labute approximate surface area is 153 Å². The van der Waals surface area contributed by atoms with Crippen LogP contribution in [0, 0.1) is 0 Å². The van der Waals surface area contributed by atoms with Crippen LogP contribution in [-0.4, -0.2) is 29.0 Å². The van der Waals surface area contributed by atoms with E-state index in [-0.39, 0.29) is 5.91 Å². The molecule has 0 radical (unpaired) electrons. The SMILES string of the molecule is O=C(NCc1ccccc1)c1ccc2ncnc(N3CCCCC3)c2c1. The Balaban J connectivity index is 1.58. The summed E-state index contributed by atoms with van der Waals surface area (Å²) in [6.07, 6.45) is 5.25. The van der Waals surface area contributed by atoms with E-state index in [1.54, 1.807) is 6.33 Å². The Morgan fingerprint density at radius 1 is 1.00 bits per heavy atom. The quantitative estimate of drug-likeness (QED) is 0.785. The van der Waals surface area contributed by atoms with Crippen LogP contribution in [-0.2, 0) is 6.54 Å². The highest BCUT2D eigenvalue weighted by atomic mass is 16.1. The van der Waals surface area contributed by atoms with Gasteiger partial charge in [-0.1, -0.05) is 30.3 Å². The zero-order valence-corrected chi connectivity index (χ0v) is 14.7. The van der Waals surface area contributed by atoms with Gasteiger partial charge < -0.3 is 10.2 Å². The summed E-state index contributed by atoms with van der Waals surface area (Å²) >= 11 is 0. The van der Waals surface area contributed by atoms with Gasteiger partial charge in [-0.05, 0) is 43.0 Å². The van der Waals surface area contributed by atoms with E-state index in [4.69, 9.17) is 0 Å². The van der Waals surface area contributed by atoms with Gasteiger partial charge in [0.2, 0.25) is 0 Å². The van der Waals surface area contributed by atoms with Crippen molar-refractivity contribution in [3.05, 3.63) is 66.0 Å². The first kappa shape index (κ1) is 16.5. The number of fused-ring (bicyclic) bond motifs is 1. The first-order valence-corrected chi connectivity index (χ1v) is 9.13. The average molecular weight is 346 g/mol. The number of nitrogens with zero attached hydrogens (tertiary/aromatic N) is 3. The molecular weight excluding hydrogens is 324 g/mol. The number of carbonyl (C=O) groups is 1. The summed E-state index contributed by atoms with van der Waals surface area (Å²) < 4.78 is 0. The lowest BCUT2D eigenvalue weighted by Crippen LogP contribution is -2.30. The zero-order chi connectivity index (χ0) is 17.8. The van der Waals surface area contributed by atoms with E-state index in [1.165, 1.54) is 19.3 Å². The van der Waals surface area contributed by atoms with Crippen LogP contribution in [0.1, 0.15) is 35.2 Å². The third-order valence-corrected chi connectivity index (χ3v) is 4.83. The molecule has 26 heavy (non-hydrogen) atoms. The summed E-state index contributed by atoms with van der Waals surface area (Å²) in [7, 11) is 0. The van der Waals surface area contributed by atoms with Crippen molar-refractivity contribution < 1.29 is 4.79 Å². The highest BCUT2D eigenvalue weighted by molar-refractivity contribution is 6.00. The summed E-state index contributed by atoms with van der Waals surface area (Å²) in [6.45, 7) is 2.54. The molecule has 5 nitrogen and oxygen atoms in total. The van der Waals surface area contributed by atoms with E-state index in [0.717, 1.165) is 35.4 Å².